The van der Waals surface area contributed by atoms with Crippen LogP contribution in [0.2, 0.25) is 0 Å². The van der Waals surface area contributed by atoms with Crippen LogP contribution in [0, 0.1) is 6.92 Å². The number of amides is 1. The van der Waals surface area contributed by atoms with Crippen LogP contribution in [0.15, 0.2) is 22.8 Å². The maximum Gasteiger partial charge on any atom is 0.265 e. The van der Waals surface area contributed by atoms with Crippen molar-refractivity contribution in [3.63, 3.8) is 0 Å². The lowest BCUT2D eigenvalue weighted by Gasteiger charge is -2.13. The Balaban J connectivity index is 1.95. The van der Waals surface area contributed by atoms with Crippen LogP contribution >= 0.6 is 11.5 Å². The van der Waals surface area contributed by atoms with E-state index in [1.807, 2.05) is 0 Å². The molecule has 1 unspecified atom stereocenters. The standard InChI is InChI=1S/C11H13N3O3S/c1-7-10(18-14-13-7)11(15)12-6-9(16-2)8-4-3-5-17-8/h3-5,9H,6H2,1-2H3,(H,12,15). The first kappa shape index (κ1) is 12.7. The first-order valence-electron chi connectivity index (χ1n) is 5.35. The fourth-order valence-electron chi connectivity index (χ4n) is 1.48. The molecule has 0 aromatic carbocycles. The average molecular weight is 267 g/mol. The highest BCUT2D eigenvalue weighted by atomic mass is 32.1. The van der Waals surface area contributed by atoms with E-state index in [4.69, 9.17) is 9.15 Å². The molecule has 0 bridgehead atoms. The Morgan fingerprint density at radius 2 is 2.50 bits per heavy atom. The van der Waals surface area contributed by atoms with Gasteiger partial charge in [-0.25, -0.2) is 0 Å². The van der Waals surface area contributed by atoms with Gasteiger partial charge in [0.15, 0.2) is 0 Å². The van der Waals surface area contributed by atoms with Gasteiger partial charge in [0.2, 0.25) is 0 Å². The number of furan rings is 1. The molecule has 0 saturated carbocycles. The van der Waals surface area contributed by atoms with Crippen LogP contribution in [0.25, 0.3) is 0 Å². The summed E-state index contributed by atoms with van der Waals surface area (Å²) in [6.45, 7) is 2.08. The van der Waals surface area contributed by atoms with Gasteiger partial charge in [-0.3, -0.25) is 4.79 Å². The lowest BCUT2D eigenvalue weighted by atomic mass is 10.2. The van der Waals surface area contributed by atoms with Crippen LogP contribution in [0.4, 0.5) is 0 Å². The highest BCUT2D eigenvalue weighted by Gasteiger charge is 2.17. The van der Waals surface area contributed by atoms with Crippen LogP contribution in [0.1, 0.15) is 27.2 Å². The minimum Gasteiger partial charge on any atom is -0.467 e. The number of hydrogen-bond donors (Lipinski definition) is 1. The molecule has 0 radical (unpaired) electrons. The summed E-state index contributed by atoms with van der Waals surface area (Å²) in [5, 5.41) is 6.56. The molecule has 0 saturated heterocycles. The molecular weight excluding hydrogens is 254 g/mol. The number of ether oxygens (including phenoxy) is 1. The molecule has 1 N–H and O–H groups in total. The first-order chi connectivity index (χ1) is 8.72. The number of rotatable bonds is 5. The zero-order chi connectivity index (χ0) is 13.0. The van der Waals surface area contributed by atoms with Gasteiger partial charge in [-0.15, -0.1) is 5.10 Å². The summed E-state index contributed by atoms with van der Waals surface area (Å²) in [5.74, 6) is 0.480. The number of aryl methyl sites for hydroxylation is 1. The topological polar surface area (TPSA) is 77.2 Å². The second-order valence-electron chi connectivity index (χ2n) is 3.64. The lowest BCUT2D eigenvalue weighted by Crippen LogP contribution is -2.28. The fourth-order valence-corrected chi connectivity index (χ4v) is 2.05. The zero-order valence-electron chi connectivity index (χ0n) is 10.0. The highest BCUT2D eigenvalue weighted by molar-refractivity contribution is 7.07. The molecule has 0 aliphatic rings. The fraction of sp³-hybridized carbons (Fsp3) is 0.364. The van der Waals surface area contributed by atoms with Crippen LogP contribution in [-0.4, -0.2) is 29.1 Å². The van der Waals surface area contributed by atoms with Gasteiger partial charge >= 0.3 is 0 Å². The lowest BCUT2D eigenvalue weighted by molar-refractivity contribution is 0.0740. The Kier molecular flexibility index (Phi) is 4.06. The van der Waals surface area contributed by atoms with Crippen molar-refractivity contribution in [3.05, 3.63) is 34.7 Å². The number of carbonyl (C=O) groups is 1. The van der Waals surface area contributed by atoms with Crippen molar-refractivity contribution in [2.75, 3.05) is 13.7 Å². The number of carbonyl (C=O) groups excluding carboxylic acids is 1. The molecule has 2 rings (SSSR count). The third-order valence-electron chi connectivity index (χ3n) is 2.45. The van der Waals surface area contributed by atoms with E-state index in [1.54, 1.807) is 32.4 Å². The summed E-state index contributed by atoms with van der Waals surface area (Å²) < 4.78 is 14.2. The molecule has 2 aromatic rings. The molecule has 1 atom stereocenters. The van der Waals surface area contributed by atoms with Gasteiger partial charge in [0, 0.05) is 7.11 Å². The average Bonchev–Trinajstić information content (AvgIpc) is 3.01. The molecule has 2 heterocycles. The molecule has 1 amide bonds. The summed E-state index contributed by atoms with van der Waals surface area (Å²) in [4.78, 5) is 12.4. The van der Waals surface area contributed by atoms with Gasteiger partial charge in [-0.2, -0.15) is 0 Å². The van der Waals surface area contributed by atoms with E-state index < -0.39 is 0 Å². The van der Waals surface area contributed by atoms with Gasteiger partial charge in [0.25, 0.3) is 5.91 Å². The van der Waals surface area contributed by atoms with Crippen molar-refractivity contribution in [3.8, 4) is 0 Å². The van der Waals surface area contributed by atoms with Gasteiger partial charge < -0.3 is 14.5 Å². The Morgan fingerprint density at radius 3 is 3.06 bits per heavy atom. The highest BCUT2D eigenvalue weighted by Crippen LogP contribution is 2.16. The van der Waals surface area contributed by atoms with Crippen LogP contribution < -0.4 is 5.32 Å². The van der Waals surface area contributed by atoms with E-state index >= 15 is 0 Å². The summed E-state index contributed by atoms with van der Waals surface area (Å²) in [6, 6.07) is 3.58. The summed E-state index contributed by atoms with van der Waals surface area (Å²) in [7, 11) is 1.57. The Bertz CT molecular complexity index is 509. The minimum absolute atomic E-state index is 0.198. The monoisotopic (exact) mass is 267 g/mol. The number of nitrogens with one attached hydrogen (secondary N) is 1. The van der Waals surface area contributed by atoms with Gasteiger partial charge in [0.1, 0.15) is 16.7 Å². The largest absolute Gasteiger partial charge is 0.467 e. The predicted molar refractivity (Wildman–Crippen MR) is 65.4 cm³/mol. The van der Waals surface area contributed by atoms with E-state index in [1.165, 1.54) is 0 Å². The summed E-state index contributed by atoms with van der Waals surface area (Å²) >= 11 is 1.08. The smallest absolute Gasteiger partial charge is 0.265 e. The maximum atomic E-state index is 11.8. The van der Waals surface area contributed by atoms with E-state index in [9.17, 15) is 4.79 Å². The Labute approximate surface area is 108 Å². The van der Waals surface area contributed by atoms with Gasteiger partial charge in [-0.1, -0.05) is 4.49 Å². The van der Waals surface area contributed by atoms with Crippen molar-refractivity contribution in [1.29, 1.82) is 0 Å². The van der Waals surface area contributed by atoms with Crippen molar-refractivity contribution >= 4 is 17.4 Å². The molecule has 0 spiro atoms. The second kappa shape index (κ2) is 5.74. The van der Waals surface area contributed by atoms with Crippen molar-refractivity contribution < 1.29 is 13.9 Å². The summed E-state index contributed by atoms with van der Waals surface area (Å²) in [5.41, 5.74) is 0.629. The molecule has 0 aliphatic heterocycles. The number of aromatic nitrogens is 2. The molecular formula is C11H13N3O3S. The molecule has 0 fully saturated rings. The Hall–Kier alpha value is -1.73. The second-order valence-corrected chi connectivity index (χ2v) is 4.39. The van der Waals surface area contributed by atoms with E-state index in [0.29, 0.717) is 22.9 Å². The number of methoxy groups -OCH3 is 1. The number of nitrogens with zero attached hydrogens (tertiary/aromatic N) is 2. The van der Waals surface area contributed by atoms with E-state index in [2.05, 4.69) is 14.9 Å². The van der Waals surface area contributed by atoms with Crippen molar-refractivity contribution in [1.82, 2.24) is 14.9 Å². The van der Waals surface area contributed by atoms with Crippen LogP contribution in [0.3, 0.4) is 0 Å². The quantitative estimate of drug-likeness (QED) is 0.889. The molecule has 6 nitrogen and oxygen atoms in total. The number of hydrogen-bond acceptors (Lipinski definition) is 6. The van der Waals surface area contributed by atoms with Crippen LogP contribution in [-0.2, 0) is 4.74 Å². The van der Waals surface area contributed by atoms with E-state index in [-0.39, 0.29) is 12.0 Å². The van der Waals surface area contributed by atoms with E-state index in [0.717, 1.165) is 11.5 Å². The van der Waals surface area contributed by atoms with Gasteiger partial charge in [0.05, 0.1) is 18.5 Å². The zero-order valence-corrected chi connectivity index (χ0v) is 10.9. The van der Waals surface area contributed by atoms with Crippen molar-refractivity contribution in [2.45, 2.75) is 13.0 Å². The summed E-state index contributed by atoms with van der Waals surface area (Å²) in [6.07, 6.45) is 1.27. The predicted octanol–water partition coefficient (Wildman–Crippen LogP) is 1.56. The normalized spacial score (nSPS) is 12.3. The minimum atomic E-state index is -0.301. The molecule has 96 valence electrons. The third-order valence-corrected chi connectivity index (χ3v) is 3.28. The Morgan fingerprint density at radius 1 is 1.67 bits per heavy atom. The third kappa shape index (κ3) is 2.74. The maximum absolute atomic E-state index is 11.8. The molecule has 0 aliphatic carbocycles. The first-order valence-corrected chi connectivity index (χ1v) is 6.13. The van der Waals surface area contributed by atoms with Crippen LogP contribution in [0.5, 0.6) is 0 Å². The molecule has 7 heteroatoms. The van der Waals surface area contributed by atoms with Crippen molar-refractivity contribution in [2.24, 2.45) is 0 Å². The SMILES string of the molecule is COC(CNC(=O)c1snnc1C)c1ccco1. The molecule has 2 aromatic heterocycles. The van der Waals surface area contributed by atoms with Gasteiger partial charge in [-0.05, 0) is 30.6 Å². The molecule has 18 heavy (non-hydrogen) atoms.